The predicted molar refractivity (Wildman–Crippen MR) is 55.8 cm³/mol. The lowest BCUT2D eigenvalue weighted by molar-refractivity contribution is 0.191. The maximum atomic E-state index is 5.32. The fourth-order valence-electron chi connectivity index (χ4n) is 1.61. The van der Waals surface area contributed by atoms with Crippen LogP contribution in [0.3, 0.4) is 0 Å². The van der Waals surface area contributed by atoms with Gasteiger partial charge in [0, 0.05) is 19.1 Å². The number of hydrogen-bond acceptors (Lipinski definition) is 2. The quantitative estimate of drug-likeness (QED) is 0.520. The van der Waals surface area contributed by atoms with Crippen LogP contribution in [0.25, 0.3) is 0 Å². The summed E-state index contributed by atoms with van der Waals surface area (Å²) in [4.78, 5) is 0. The monoisotopic (exact) mass is 183 g/mol. The van der Waals surface area contributed by atoms with E-state index in [4.69, 9.17) is 4.74 Å². The number of hydrogen-bond donors (Lipinski definition) is 1. The molecule has 1 fully saturated rings. The van der Waals surface area contributed by atoms with Crippen LogP contribution in [0.1, 0.15) is 26.7 Å². The lowest BCUT2D eigenvalue weighted by atomic mass is 10.1. The molecule has 0 aromatic heterocycles. The first-order valence-electron chi connectivity index (χ1n) is 5.28. The summed E-state index contributed by atoms with van der Waals surface area (Å²) >= 11 is 0. The largest absolute Gasteiger partial charge is 0.381 e. The van der Waals surface area contributed by atoms with Gasteiger partial charge in [0.2, 0.25) is 0 Å². The van der Waals surface area contributed by atoms with Gasteiger partial charge in [-0.1, -0.05) is 18.6 Å². The SMILES string of the molecule is CCCNCC(C)=CC1CCOC1. The van der Waals surface area contributed by atoms with Crippen LogP contribution >= 0.6 is 0 Å². The second kappa shape index (κ2) is 6.17. The maximum absolute atomic E-state index is 5.32. The first-order chi connectivity index (χ1) is 6.33. The van der Waals surface area contributed by atoms with E-state index in [0.717, 1.165) is 26.3 Å². The van der Waals surface area contributed by atoms with Crippen LogP contribution in [0.5, 0.6) is 0 Å². The Morgan fingerprint density at radius 3 is 3.08 bits per heavy atom. The molecule has 76 valence electrons. The van der Waals surface area contributed by atoms with Gasteiger partial charge in [-0.25, -0.2) is 0 Å². The lowest BCUT2D eigenvalue weighted by Gasteiger charge is -2.05. The van der Waals surface area contributed by atoms with Gasteiger partial charge >= 0.3 is 0 Å². The zero-order chi connectivity index (χ0) is 9.52. The van der Waals surface area contributed by atoms with Crippen molar-refractivity contribution in [1.82, 2.24) is 5.32 Å². The van der Waals surface area contributed by atoms with E-state index >= 15 is 0 Å². The van der Waals surface area contributed by atoms with E-state index in [9.17, 15) is 0 Å². The molecule has 1 saturated heterocycles. The number of nitrogens with one attached hydrogen (secondary N) is 1. The average molecular weight is 183 g/mol. The van der Waals surface area contributed by atoms with Gasteiger partial charge in [-0.3, -0.25) is 0 Å². The summed E-state index contributed by atoms with van der Waals surface area (Å²) in [7, 11) is 0. The fraction of sp³-hybridized carbons (Fsp3) is 0.818. The van der Waals surface area contributed by atoms with Crippen molar-refractivity contribution in [2.24, 2.45) is 5.92 Å². The molecule has 1 N–H and O–H groups in total. The summed E-state index contributed by atoms with van der Waals surface area (Å²) in [5.41, 5.74) is 1.45. The summed E-state index contributed by atoms with van der Waals surface area (Å²) < 4.78 is 5.32. The van der Waals surface area contributed by atoms with Crippen molar-refractivity contribution in [2.45, 2.75) is 26.7 Å². The highest BCUT2D eigenvalue weighted by atomic mass is 16.5. The van der Waals surface area contributed by atoms with Gasteiger partial charge < -0.3 is 10.1 Å². The van der Waals surface area contributed by atoms with Gasteiger partial charge in [0.25, 0.3) is 0 Å². The molecule has 13 heavy (non-hydrogen) atoms. The molecule has 0 radical (unpaired) electrons. The zero-order valence-corrected chi connectivity index (χ0v) is 8.81. The van der Waals surface area contributed by atoms with E-state index in [-0.39, 0.29) is 0 Å². The standard InChI is InChI=1S/C11H21NO/c1-3-5-12-8-10(2)7-11-4-6-13-9-11/h7,11-12H,3-6,8-9H2,1-2H3. The Bertz CT molecular complexity index is 159. The van der Waals surface area contributed by atoms with Crippen LogP contribution in [-0.2, 0) is 4.74 Å². The Morgan fingerprint density at radius 2 is 2.46 bits per heavy atom. The first-order valence-corrected chi connectivity index (χ1v) is 5.28. The van der Waals surface area contributed by atoms with Gasteiger partial charge in [0.05, 0.1) is 6.61 Å². The highest BCUT2D eigenvalue weighted by Crippen LogP contribution is 2.15. The molecule has 1 unspecified atom stereocenters. The van der Waals surface area contributed by atoms with Crippen LogP contribution in [-0.4, -0.2) is 26.3 Å². The van der Waals surface area contributed by atoms with Gasteiger partial charge in [0.15, 0.2) is 0 Å². The maximum Gasteiger partial charge on any atom is 0.0529 e. The van der Waals surface area contributed by atoms with Gasteiger partial charge in [-0.05, 0) is 26.3 Å². The molecule has 0 aromatic rings. The summed E-state index contributed by atoms with van der Waals surface area (Å²) in [5, 5.41) is 3.40. The Balaban J connectivity index is 2.16. The molecule has 0 saturated carbocycles. The smallest absolute Gasteiger partial charge is 0.0529 e. The van der Waals surface area contributed by atoms with Crippen molar-refractivity contribution in [3.05, 3.63) is 11.6 Å². The van der Waals surface area contributed by atoms with Crippen LogP contribution in [0, 0.1) is 5.92 Å². The third kappa shape index (κ3) is 4.44. The minimum absolute atomic E-state index is 0.670. The Labute approximate surface area is 81.4 Å². The van der Waals surface area contributed by atoms with Crippen LogP contribution in [0.15, 0.2) is 11.6 Å². The van der Waals surface area contributed by atoms with Gasteiger partial charge in [-0.2, -0.15) is 0 Å². The Kier molecular flexibility index (Phi) is 5.09. The number of ether oxygens (including phenoxy) is 1. The van der Waals surface area contributed by atoms with Gasteiger partial charge in [0.1, 0.15) is 0 Å². The molecule has 0 bridgehead atoms. The predicted octanol–water partition coefficient (Wildman–Crippen LogP) is 1.97. The van der Waals surface area contributed by atoms with Gasteiger partial charge in [-0.15, -0.1) is 0 Å². The molecule has 2 heteroatoms. The van der Waals surface area contributed by atoms with Crippen molar-refractivity contribution >= 4 is 0 Å². The van der Waals surface area contributed by atoms with Crippen molar-refractivity contribution < 1.29 is 4.74 Å². The molecule has 0 aromatic carbocycles. The third-order valence-corrected chi connectivity index (χ3v) is 2.32. The second-order valence-electron chi connectivity index (χ2n) is 3.81. The lowest BCUT2D eigenvalue weighted by Crippen LogP contribution is -2.17. The Morgan fingerprint density at radius 1 is 1.62 bits per heavy atom. The molecule has 0 aliphatic carbocycles. The summed E-state index contributed by atoms with van der Waals surface area (Å²) in [6.07, 6.45) is 4.76. The highest BCUT2D eigenvalue weighted by molar-refractivity contribution is 5.03. The topological polar surface area (TPSA) is 21.3 Å². The Hall–Kier alpha value is -0.340. The van der Waals surface area contributed by atoms with Crippen LogP contribution < -0.4 is 5.32 Å². The first kappa shape index (κ1) is 10.7. The molecular weight excluding hydrogens is 162 g/mol. The highest BCUT2D eigenvalue weighted by Gasteiger charge is 2.12. The van der Waals surface area contributed by atoms with Crippen molar-refractivity contribution in [2.75, 3.05) is 26.3 Å². The normalized spacial score (nSPS) is 23.8. The molecule has 1 aliphatic heterocycles. The molecule has 0 spiro atoms. The number of rotatable bonds is 5. The van der Waals surface area contributed by atoms with Crippen molar-refractivity contribution in [3.63, 3.8) is 0 Å². The van der Waals surface area contributed by atoms with E-state index < -0.39 is 0 Å². The second-order valence-corrected chi connectivity index (χ2v) is 3.81. The molecule has 0 amide bonds. The minimum Gasteiger partial charge on any atom is -0.381 e. The fourth-order valence-corrected chi connectivity index (χ4v) is 1.61. The summed E-state index contributed by atoms with van der Waals surface area (Å²) in [6, 6.07) is 0. The van der Waals surface area contributed by atoms with Crippen LogP contribution in [0.4, 0.5) is 0 Å². The van der Waals surface area contributed by atoms with Crippen LogP contribution in [0.2, 0.25) is 0 Å². The average Bonchev–Trinajstić information content (AvgIpc) is 2.57. The third-order valence-electron chi connectivity index (χ3n) is 2.32. The van der Waals surface area contributed by atoms with E-state index in [1.165, 1.54) is 18.4 Å². The molecule has 1 heterocycles. The molecule has 2 nitrogen and oxygen atoms in total. The van der Waals surface area contributed by atoms with E-state index in [1.807, 2.05) is 0 Å². The minimum atomic E-state index is 0.670. The summed E-state index contributed by atoms with van der Waals surface area (Å²) in [6.45, 7) is 8.40. The van der Waals surface area contributed by atoms with Crippen molar-refractivity contribution in [1.29, 1.82) is 0 Å². The molecule has 1 atom stereocenters. The zero-order valence-electron chi connectivity index (χ0n) is 8.81. The molecule has 1 rings (SSSR count). The van der Waals surface area contributed by atoms with E-state index in [2.05, 4.69) is 25.2 Å². The van der Waals surface area contributed by atoms with E-state index in [1.54, 1.807) is 0 Å². The molecule has 1 aliphatic rings. The molecular formula is C11H21NO. The van der Waals surface area contributed by atoms with Crippen molar-refractivity contribution in [3.8, 4) is 0 Å². The van der Waals surface area contributed by atoms with E-state index in [0.29, 0.717) is 5.92 Å². The summed E-state index contributed by atoms with van der Waals surface area (Å²) in [5.74, 6) is 0.670.